The van der Waals surface area contributed by atoms with Crippen LogP contribution in [0.2, 0.25) is 0 Å². The molecule has 0 amide bonds. The molecule has 0 saturated carbocycles. The van der Waals surface area contributed by atoms with E-state index in [-0.39, 0.29) is 23.5 Å². The first-order chi connectivity index (χ1) is 13.1. The van der Waals surface area contributed by atoms with Crippen molar-refractivity contribution in [2.75, 3.05) is 5.75 Å². The van der Waals surface area contributed by atoms with Crippen molar-refractivity contribution in [3.8, 4) is 6.07 Å². The standard InChI is InChI=1S/C17H10N4O4S2/c18-5-7-26-17-19-14-12-8-10(21(23)24)3-4-13(12)27-15(14)16(22)20(17)9-11-2-1-6-25-11/h1-4,6,8H,7,9H2. The number of thiophene rings is 1. The van der Waals surface area contributed by atoms with E-state index in [1.165, 1.54) is 34.3 Å². The molecule has 0 fully saturated rings. The topological polar surface area (TPSA) is 115 Å². The van der Waals surface area contributed by atoms with Crippen LogP contribution >= 0.6 is 23.1 Å². The summed E-state index contributed by atoms with van der Waals surface area (Å²) in [6, 6.07) is 9.96. The van der Waals surface area contributed by atoms with Crippen molar-refractivity contribution >= 4 is 49.1 Å². The van der Waals surface area contributed by atoms with E-state index < -0.39 is 4.92 Å². The van der Waals surface area contributed by atoms with Gasteiger partial charge in [-0.15, -0.1) is 11.3 Å². The van der Waals surface area contributed by atoms with Gasteiger partial charge in [-0.25, -0.2) is 4.98 Å². The number of nitro groups is 1. The predicted octanol–water partition coefficient (Wildman–Crippen LogP) is 3.78. The molecule has 0 bridgehead atoms. The first kappa shape index (κ1) is 17.3. The van der Waals surface area contributed by atoms with E-state index in [0.29, 0.717) is 26.5 Å². The van der Waals surface area contributed by atoms with Gasteiger partial charge >= 0.3 is 0 Å². The van der Waals surface area contributed by atoms with Gasteiger partial charge in [0.1, 0.15) is 10.5 Å². The molecule has 0 saturated heterocycles. The number of thioether (sulfide) groups is 1. The number of nitrogens with zero attached hydrogens (tertiary/aromatic N) is 4. The van der Waals surface area contributed by atoms with Gasteiger partial charge in [-0.05, 0) is 18.2 Å². The second-order valence-electron chi connectivity index (χ2n) is 5.53. The van der Waals surface area contributed by atoms with Crippen molar-refractivity contribution in [1.29, 1.82) is 5.26 Å². The number of benzene rings is 1. The Morgan fingerprint density at radius 1 is 1.41 bits per heavy atom. The molecular weight excluding hydrogens is 388 g/mol. The normalized spacial score (nSPS) is 11.1. The molecule has 1 aromatic carbocycles. The Morgan fingerprint density at radius 2 is 2.26 bits per heavy atom. The highest BCUT2D eigenvalue weighted by molar-refractivity contribution is 7.99. The molecule has 0 radical (unpaired) electrons. The van der Waals surface area contributed by atoms with Crippen LogP contribution in [0.25, 0.3) is 20.3 Å². The summed E-state index contributed by atoms with van der Waals surface area (Å²) in [5, 5.41) is 20.9. The zero-order valence-electron chi connectivity index (χ0n) is 13.6. The first-order valence-electron chi connectivity index (χ1n) is 7.72. The number of nitro benzene ring substituents is 1. The molecule has 0 aliphatic rings. The van der Waals surface area contributed by atoms with Crippen LogP contribution < -0.4 is 5.56 Å². The third-order valence-corrected chi connectivity index (χ3v) is 5.89. The SMILES string of the molecule is N#CCSc1nc2c(sc3ccc([N+](=O)[O-])cc32)c(=O)n1Cc1ccco1. The summed E-state index contributed by atoms with van der Waals surface area (Å²) in [5.41, 5.74) is 0.0931. The van der Waals surface area contributed by atoms with Crippen LogP contribution in [0.1, 0.15) is 5.76 Å². The molecule has 3 aromatic heterocycles. The average molecular weight is 398 g/mol. The number of rotatable bonds is 5. The largest absolute Gasteiger partial charge is 0.467 e. The van der Waals surface area contributed by atoms with Gasteiger partial charge in [-0.3, -0.25) is 19.5 Å². The van der Waals surface area contributed by atoms with Crippen LogP contribution in [0.4, 0.5) is 5.69 Å². The number of furan rings is 1. The van der Waals surface area contributed by atoms with Gasteiger partial charge in [-0.1, -0.05) is 11.8 Å². The van der Waals surface area contributed by atoms with Gasteiger partial charge in [0, 0.05) is 22.2 Å². The van der Waals surface area contributed by atoms with Crippen LogP contribution in [0, 0.1) is 21.4 Å². The Kier molecular flexibility index (Phi) is 4.39. The summed E-state index contributed by atoms with van der Waals surface area (Å²) in [5.74, 6) is 0.715. The van der Waals surface area contributed by atoms with Crippen LogP contribution in [-0.2, 0) is 6.54 Å². The fourth-order valence-corrected chi connectivity index (χ4v) is 4.44. The van der Waals surface area contributed by atoms with E-state index >= 15 is 0 Å². The lowest BCUT2D eigenvalue weighted by Gasteiger charge is -2.09. The van der Waals surface area contributed by atoms with Gasteiger partial charge in [0.15, 0.2) is 5.16 Å². The maximum absolute atomic E-state index is 13.1. The second kappa shape index (κ2) is 6.86. The highest BCUT2D eigenvalue weighted by Gasteiger charge is 2.19. The molecule has 4 rings (SSSR count). The Hall–Kier alpha value is -3.16. The molecule has 0 N–H and O–H groups in total. The fraction of sp³-hybridized carbons (Fsp3) is 0.118. The minimum atomic E-state index is -0.480. The minimum Gasteiger partial charge on any atom is -0.467 e. The molecule has 0 unspecified atom stereocenters. The van der Waals surface area contributed by atoms with Crippen molar-refractivity contribution in [3.05, 3.63) is 62.8 Å². The third kappa shape index (κ3) is 3.07. The van der Waals surface area contributed by atoms with Crippen molar-refractivity contribution in [3.63, 3.8) is 0 Å². The maximum Gasteiger partial charge on any atom is 0.272 e. The summed E-state index contributed by atoms with van der Waals surface area (Å²) in [6.45, 7) is 0.191. The average Bonchev–Trinajstić information content (AvgIpc) is 3.29. The molecule has 0 aliphatic carbocycles. The molecule has 134 valence electrons. The highest BCUT2D eigenvalue weighted by atomic mass is 32.2. The van der Waals surface area contributed by atoms with E-state index in [2.05, 4.69) is 4.98 Å². The quantitative estimate of drug-likeness (QED) is 0.217. The number of hydrogen-bond acceptors (Lipinski definition) is 8. The molecule has 0 aliphatic heterocycles. The van der Waals surface area contributed by atoms with Gasteiger partial charge in [0.2, 0.25) is 0 Å². The third-order valence-electron chi connectivity index (χ3n) is 3.89. The van der Waals surface area contributed by atoms with Gasteiger partial charge in [0.25, 0.3) is 11.2 Å². The monoisotopic (exact) mass is 398 g/mol. The van der Waals surface area contributed by atoms with Crippen molar-refractivity contribution < 1.29 is 9.34 Å². The summed E-state index contributed by atoms with van der Waals surface area (Å²) in [6.07, 6.45) is 1.52. The molecule has 0 atom stereocenters. The maximum atomic E-state index is 13.1. The van der Waals surface area contributed by atoms with Crippen molar-refractivity contribution in [2.45, 2.75) is 11.7 Å². The van der Waals surface area contributed by atoms with Crippen molar-refractivity contribution in [2.24, 2.45) is 0 Å². The zero-order valence-corrected chi connectivity index (χ0v) is 15.2. The first-order valence-corrected chi connectivity index (χ1v) is 9.52. The van der Waals surface area contributed by atoms with Crippen LogP contribution in [0.3, 0.4) is 0 Å². The van der Waals surface area contributed by atoms with E-state index in [1.807, 2.05) is 6.07 Å². The van der Waals surface area contributed by atoms with Gasteiger partial charge < -0.3 is 4.42 Å². The molecule has 10 heteroatoms. The Balaban J connectivity index is 1.98. The predicted molar refractivity (Wildman–Crippen MR) is 102 cm³/mol. The van der Waals surface area contributed by atoms with E-state index in [1.54, 1.807) is 18.2 Å². The number of non-ortho nitro benzene ring substituents is 1. The summed E-state index contributed by atoms with van der Waals surface area (Å²) in [7, 11) is 0. The lowest BCUT2D eigenvalue weighted by atomic mass is 10.2. The molecular formula is C17H10N4O4S2. The van der Waals surface area contributed by atoms with Crippen LogP contribution in [0.15, 0.2) is 51.0 Å². The van der Waals surface area contributed by atoms with Crippen LogP contribution in [-0.4, -0.2) is 20.2 Å². The number of fused-ring (bicyclic) bond motifs is 3. The summed E-state index contributed by atoms with van der Waals surface area (Å²) < 4.78 is 7.95. The van der Waals surface area contributed by atoms with E-state index in [0.717, 1.165) is 16.5 Å². The zero-order chi connectivity index (χ0) is 19.0. The van der Waals surface area contributed by atoms with E-state index in [9.17, 15) is 14.9 Å². The molecule has 3 heterocycles. The number of aromatic nitrogens is 2. The summed E-state index contributed by atoms with van der Waals surface area (Å²) >= 11 is 2.38. The van der Waals surface area contributed by atoms with Gasteiger partial charge in [0.05, 0.1) is 35.1 Å². The van der Waals surface area contributed by atoms with E-state index in [4.69, 9.17) is 9.68 Å². The molecule has 27 heavy (non-hydrogen) atoms. The smallest absolute Gasteiger partial charge is 0.272 e. The number of hydrogen-bond donors (Lipinski definition) is 0. The highest BCUT2D eigenvalue weighted by Crippen LogP contribution is 2.34. The lowest BCUT2D eigenvalue weighted by molar-refractivity contribution is -0.384. The molecule has 8 nitrogen and oxygen atoms in total. The lowest BCUT2D eigenvalue weighted by Crippen LogP contribution is -2.23. The minimum absolute atomic E-state index is 0.0602. The molecule has 4 aromatic rings. The van der Waals surface area contributed by atoms with Crippen LogP contribution in [0.5, 0.6) is 0 Å². The Labute approximate surface area is 159 Å². The fourth-order valence-electron chi connectivity index (χ4n) is 2.71. The second-order valence-corrected chi connectivity index (χ2v) is 7.52. The Bertz CT molecular complexity index is 1270. The van der Waals surface area contributed by atoms with Gasteiger partial charge in [-0.2, -0.15) is 5.26 Å². The Morgan fingerprint density at radius 3 is 2.96 bits per heavy atom. The summed E-state index contributed by atoms with van der Waals surface area (Å²) in [4.78, 5) is 28.3. The molecule has 0 spiro atoms. The number of nitriles is 1. The van der Waals surface area contributed by atoms with Crippen molar-refractivity contribution in [1.82, 2.24) is 9.55 Å².